The van der Waals surface area contributed by atoms with Gasteiger partial charge >= 0.3 is 18.2 Å². The predicted octanol–water partition coefficient (Wildman–Crippen LogP) is 4.14. The Morgan fingerprint density at radius 1 is 1.02 bits per heavy atom. The third-order valence-corrected chi connectivity index (χ3v) is 7.80. The van der Waals surface area contributed by atoms with Crippen LogP contribution in [0.15, 0.2) is 24.3 Å². The van der Waals surface area contributed by atoms with Crippen LogP contribution in [0.5, 0.6) is 0 Å². The molecule has 3 amide bonds. The number of amides is 3. The quantitative estimate of drug-likeness (QED) is 0.202. The lowest BCUT2D eigenvalue weighted by molar-refractivity contribution is -0.329. The number of esters is 1. The number of hydrogen-bond donors (Lipinski definition) is 3. The van der Waals surface area contributed by atoms with Crippen LogP contribution in [0.1, 0.15) is 77.7 Å². The fourth-order valence-electron chi connectivity index (χ4n) is 5.44. The van der Waals surface area contributed by atoms with Crippen LogP contribution < -0.4 is 16.0 Å². The first-order valence-electron chi connectivity index (χ1n) is 15.8. The van der Waals surface area contributed by atoms with Crippen molar-refractivity contribution < 1.29 is 47.3 Å². The molecule has 5 atom stereocenters. The first kappa shape index (κ1) is 36.0. The summed E-state index contributed by atoms with van der Waals surface area (Å²) in [6.07, 6.45) is 1.72. The fourth-order valence-corrected chi connectivity index (χ4v) is 5.44. The van der Waals surface area contributed by atoms with E-state index in [1.54, 1.807) is 12.1 Å². The van der Waals surface area contributed by atoms with Gasteiger partial charge in [-0.25, -0.2) is 18.8 Å². The summed E-state index contributed by atoms with van der Waals surface area (Å²) in [5, 5.41) is 8.10. The van der Waals surface area contributed by atoms with Gasteiger partial charge in [0.05, 0.1) is 19.3 Å². The highest BCUT2D eigenvalue weighted by Gasteiger charge is 2.47. The molecule has 2 saturated heterocycles. The van der Waals surface area contributed by atoms with E-state index in [9.17, 15) is 23.6 Å². The molecule has 2 heterocycles. The smallest absolute Gasteiger partial charge is 0.407 e. The number of carbonyl (C=O) groups is 4. The maximum atomic E-state index is 13.2. The summed E-state index contributed by atoms with van der Waals surface area (Å²) < 4.78 is 41.9. The minimum Gasteiger partial charge on any atom is -0.467 e. The van der Waals surface area contributed by atoms with Gasteiger partial charge in [-0.3, -0.25) is 4.79 Å². The minimum absolute atomic E-state index is 0.0481. The van der Waals surface area contributed by atoms with Gasteiger partial charge in [0, 0.05) is 38.8 Å². The molecule has 0 aromatic heterocycles. The highest BCUT2D eigenvalue weighted by Crippen LogP contribution is 2.41. The summed E-state index contributed by atoms with van der Waals surface area (Å²) in [6, 6.07) is 5.27. The average molecular weight is 638 g/mol. The molecule has 1 aromatic rings. The van der Waals surface area contributed by atoms with E-state index < -0.39 is 48.3 Å². The lowest BCUT2D eigenvalue weighted by atomic mass is 9.90. The van der Waals surface area contributed by atoms with Crippen LogP contribution in [-0.4, -0.2) is 81.0 Å². The topological polar surface area (TPSA) is 151 Å². The van der Waals surface area contributed by atoms with Crippen molar-refractivity contribution in [1.29, 1.82) is 0 Å². The molecule has 3 N–H and O–H groups in total. The van der Waals surface area contributed by atoms with Crippen LogP contribution in [-0.2, 0) is 39.7 Å². The summed E-state index contributed by atoms with van der Waals surface area (Å²) in [6.45, 7) is 6.56. The fraction of sp³-hybridized carbons (Fsp3) is 0.688. The highest BCUT2D eigenvalue weighted by molar-refractivity contribution is 5.84. The van der Waals surface area contributed by atoms with E-state index in [0.29, 0.717) is 51.1 Å². The van der Waals surface area contributed by atoms with Crippen LogP contribution in [0.2, 0.25) is 0 Å². The van der Waals surface area contributed by atoms with E-state index in [1.165, 1.54) is 26.2 Å². The Morgan fingerprint density at radius 2 is 1.73 bits per heavy atom. The van der Waals surface area contributed by atoms with Gasteiger partial charge in [0.15, 0.2) is 5.79 Å². The first-order valence-corrected chi connectivity index (χ1v) is 15.8. The van der Waals surface area contributed by atoms with E-state index >= 15 is 0 Å². The second-order valence-electron chi connectivity index (χ2n) is 12.1. The van der Waals surface area contributed by atoms with Gasteiger partial charge in [-0.2, -0.15) is 0 Å². The predicted molar refractivity (Wildman–Crippen MR) is 162 cm³/mol. The summed E-state index contributed by atoms with van der Waals surface area (Å²) in [5.74, 6) is -1.84. The van der Waals surface area contributed by atoms with Crippen LogP contribution >= 0.6 is 0 Å². The maximum absolute atomic E-state index is 13.2. The SMILES string of the molecule is COC(=O)[C@H](C)NC(=O)CC[C@@H]1C[C@@H](OC(=O)NCCc2ccc(F)cc2)C[C@@]2(CCC[C@H](COC(=O)NCCC(C)C)O2)O1. The van der Waals surface area contributed by atoms with Crippen LogP contribution in [0.4, 0.5) is 14.0 Å². The third kappa shape index (κ3) is 12.8. The molecule has 1 aromatic carbocycles. The van der Waals surface area contributed by atoms with Gasteiger partial charge in [0.2, 0.25) is 5.91 Å². The Bertz CT molecular complexity index is 1120. The molecule has 45 heavy (non-hydrogen) atoms. The molecule has 0 bridgehead atoms. The molecule has 2 aliphatic rings. The third-order valence-electron chi connectivity index (χ3n) is 7.80. The zero-order valence-electron chi connectivity index (χ0n) is 26.7. The van der Waals surface area contributed by atoms with Crippen LogP contribution in [0, 0.1) is 11.7 Å². The van der Waals surface area contributed by atoms with Gasteiger partial charge < -0.3 is 39.6 Å². The number of hydrogen-bond acceptors (Lipinski definition) is 9. The second-order valence-corrected chi connectivity index (χ2v) is 12.1. The summed E-state index contributed by atoms with van der Waals surface area (Å²) in [5.41, 5.74) is 0.874. The Hall–Kier alpha value is -3.45. The number of rotatable bonds is 14. The van der Waals surface area contributed by atoms with E-state index in [1.807, 2.05) is 0 Å². The van der Waals surface area contributed by atoms with Crippen molar-refractivity contribution >= 4 is 24.1 Å². The van der Waals surface area contributed by atoms with Crippen molar-refractivity contribution in [3.63, 3.8) is 0 Å². The molecular weight excluding hydrogens is 589 g/mol. The van der Waals surface area contributed by atoms with Crippen molar-refractivity contribution in [2.24, 2.45) is 5.92 Å². The molecule has 13 heteroatoms. The molecule has 252 valence electrons. The van der Waals surface area contributed by atoms with Crippen molar-refractivity contribution in [1.82, 2.24) is 16.0 Å². The largest absolute Gasteiger partial charge is 0.467 e. The molecule has 2 fully saturated rings. The van der Waals surface area contributed by atoms with Gasteiger partial charge in [-0.05, 0) is 62.6 Å². The zero-order chi connectivity index (χ0) is 32.8. The van der Waals surface area contributed by atoms with E-state index in [0.717, 1.165) is 18.4 Å². The first-order chi connectivity index (χ1) is 21.5. The van der Waals surface area contributed by atoms with E-state index in [-0.39, 0.29) is 31.2 Å². The van der Waals surface area contributed by atoms with Crippen molar-refractivity contribution in [3.05, 3.63) is 35.6 Å². The molecule has 0 unspecified atom stereocenters. The Labute approximate surface area is 264 Å². The summed E-state index contributed by atoms with van der Waals surface area (Å²) in [7, 11) is 1.25. The number of halogens is 1. The molecule has 0 radical (unpaired) electrons. The van der Waals surface area contributed by atoms with Crippen LogP contribution in [0.25, 0.3) is 0 Å². The number of carbonyl (C=O) groups excluding carboxylic acids is 4. The Kier molecular flexibility index (Phi) is 14.3. The van der Waals surface area contributed by atoms with Gasteiger partial charge in [0.1, 0.15) is 24.6 Å². The van der Waals surface area contributed by atoms with Gasteiger partial charge in [0.25, 0.3) is 0 Å². The molecule has 12 nitrogen and oxygen atoms in total. The molecule has 3 rings (SSSR count). The monoisotopic (exact) mass is 637 g/mol. The highest BCUT2D eigenvalue weighted by atomic mass is 19.1. The van der Waals surface area contributed by atoms with Crippen molar-refractivity contribution in [2.45, 2.75) is 109 Å². The van der Waals surface area contributed by atoms with E-state index in [4.69, 9.17) is 18.9 Å². The number of alkyl carbamates (subject to hydrolysis) is 2. The van der Waals surface area contributed by atoms with Crippen molar-refractivity contribution in [2.75, 3.05) is 26.8 Å². The average Bonchev–Trinajstić information content (AvgIpc) is 2.99. The Balaban J connectivity index is 1.58. The minimum atomic E-state index is -1.09. The number of nitrogens with one attached hydrogen (secondary N) is 3. The summed E-state index contributed by atoms with van der Waals surface area (Å²) in [4.78, 5) is 49.1. The zero-order valence-corrected chi connectivity index (χ0v) is 26.7. The lowest BCUT2D eigenvalue weighted by Crippen LogP contribution is -2.54. The number of benzene rings is 1. The molecule has 1 spiro atoms. The standard InChI is InChI=1S/C32H48FN3O9/c1-21(2)13-16-34-30(39)42-20-26-6-5-15-32(45-26)19-27(43-31(40)35-17-14-23-7-9-24(33)10-8-23)18-25(44-32)11-12-28(37)36-22(3)29(38)41-4/h7-10,21-22,25-27H,5-6,11-20H2,1-4H3,(H,34,39)(H,35,40)(H,36,37)/t22-,25+,26+,27+,32-/m0/s1. The van der Waals surface area contributed by atoms with Crippen molar-refractivity contribution in [3.8, 4) is 0 Å². The summed E-state index contributed by atoms with van der Waals surface area (Å²) >= 11 is 0. The van der Waals surface area contributed by atoms with E-state index in [2.05, 4.69) is 34.5 Å². The Morgan fingerprint density at radius 3 is 2.44 bits per heavy atom. The molecular formula is C32H48FN3O9. The molecule has 2 aliphatic heterocycles. The maximum Gasteiger partial charge on any atom is 0.407 e. The normalized spacial score (nSPS) is 23.6. The number of methoxy groups -OCH3 is 1. The lowest BCUT2D eigenvalue weighted by Gasteiger charge is -2.47. The number of ether oxygens (including phenoxy) is 5. The van der Waals surface area contributed by atoms with Crippen LogP contribution in [0.3, 0.4) is 0 Å². The molecule has 0 saturated carbocycles. The van der Waals surface area contributed by atoms with Gasteiger partial charge in [-0.15, -0.1) is 0 Å². The molecule has 0 aliphatic carbocycles. The van der Waals surface area contributed by atoms with Gasteiger partial charge in [-0.1, -0.05) is 26.0 Å². The second kappa shape index (κ2) is 17.9.